The van der Waals surface area contributed by atoms with Gasteiger partial charge in [-0.15, -0.1) is 11.3 Å². The average molecular weight is 448 g/mol. The summed E-state index contributed by atoms with van der Waals surface area (Å²) in [6, 6.07) is 22.9. The molecule has 8 heteroatoms. The van der Waals surface area contributed by atoms with E-state index in [1.165, 1.54) is 23.5 Å². The molecule has 5 aromatic rings. The molecule has 0 spiro atoms. The minimum atomic E-state index is -3.79. The second-order valence-electron chi connectivity index (χ2n) is 6.76. The van der Waals surface area contributed by atoms with Crippen LogP contribution in [0.2, 0.25) is 0 Å². The highest BCUT2D eigenvalue weighted by molar-refractivity contribution is 7.92. The Morgan fingerprint density at radius 2 is 1.58 bits per heavy atom. The van der Waals surface area contributed by atoms with Crippen molar-refractivity contribution in [2.24, 2.45) is 0 Å². The third-order valence-electron chi connectivity index (χ3n) is 4.65. The maximum atomic E-state index is 13.0. The van der Waals surface area contributed by atoms with Crippen LogP contribution in [0.25, 0.3) is 16.2 Å². The maximum Gasteiger partial charge on any atom is 0.261 e. The van der Waals surface area contributed by atoms with Crippen molar-refractivity contribution in [3.8, 4) is 22.8 Å². The summed E-state index contributed by atoms with van der Waals surface area (Å²) >= 11 is 1.52. The predicted molar refractivity (Wildman–Crippen MR) is 122 cm³/mol. The average Bonchev–Trinajstić information content (AvgIpc) is 3.37. The Bertz CT molecular complexity index is 1410. The quantitative estimate of drug-likeness (QED) is 0.365. The third kappa shape index (κ3) is 4.03. The van der Waals surface area contributed by atoms with Gasteiger partial charge in [-0.1, -0.05) is 36.4 Å². The number of nitrogens with zero attached hydrogens (tertiary/aromatic N) is 2. The molecule has 154 valence electrons. The minimum absolute atomic E-state index is 0.147. The van der Waals surface area contributed by atoms with Gasteiger partial charge in [0.2, 0.25) is 0 Å². The lowest BCUT2D eigenvalue weighted by atomic mass is 10.1. The van der Waals surface area contributed by atoms with E-state index >= 15 is 0 Å². The first-order chi connectivity index (χ1) is 15.1. The van der Waals surface area contributed by atoms with Crippen LogP contribution < -0.4 is 9.46 Å². The molecule has 0 aliphatic carbocycles. The van der Waals surface area contributed by atoms with Crippen LogP contribution in [-0.2, 0) is 10.0 Å². The first kappa shape index (κ1) is 19.3. The number of hydrogen-bond acceptors (Lipinski definition) is 5. The summed E-state index contributed by atoms with van der Waals surface area (Å²) in [5, 5.41) is 1.95. The largest absolute Gasteiger partial charge is 0.457 e. The van der Waals surface area contributed by atoms with Crippen molar-refractivity contribution in [2.75, 3.05) is 4.72 Å². The van der Waals surface area contributed by atoms with Crippen LogP contribution in [-0.4, -0.2) is 17.8 Å². The molecule has 0 bridgehead atoms. The monoisotopic (exact) mass is 447 g/mol. The lowest BCUT2D eigenvalue weighted by molar-refractivity contribution is 0.482. The van der Waals surface area contributed by atoms with Gasteiger partial charge in [-0.05, 0) is 42.5 Å². The molecule has 0 aliphatic rings. The molecule has 0 saturated carbocycles. The Morgan fingerprint density at radius 1 is 0.871 bits per heavy atom. The van der Waals surface area contributed by atoms with Gasteiger partial charge in [-0.3, -0.25) is 9.12 Å². The lowest BCUT2D eigenvalue weighted by Gasteiger charge is -2.12. The van der Waals surface area contributed by atoms with E-state index in [0.717, 1.165) is 4.96 Å². The number of anilines is 1. The first-order valence-electron chi connectivity index (χ1n) is 9.46. The summed E-state index contributed by atoms with van der Waals surface area (Å²) in [6.45, 7) is 0. The summed E-state index contributed by atoms with van der Waals surface area (Å²) in [5.74, 6) is 1.24. The summed E-state index contributed by atoms with van der Waals surface area (Å²) in [4.78, 5) is 5.58. The Morgan fingerprint density at radius 3 is 2.35 bits per heavy atom. The normalized spacial score (nSPS) is 11.5. The van der Waals surface area contributed by atoms with Crippen molar-refractivity contribution in [2.45, 2.75) is 4.90 Å². The number of fused-ring (bicyclic) bond motifs is 1. The molecule has 0 radical (unpaired) electrons. The number of ether oxygens (including phenoxy) is 1. The molecule has 0 unspecified atom stereocenters. The summed E-state index contributed by atoms with van der Waals surface area (Å²) in [5.41, 5.74) is 1.89. The van der Waals surface area contributed by atoms with E-state index in [9.17, 15) is 8.42 Å². The Balaban J connectivity index is 1.40. The fourth-order valence-corrected chi connectivity index (χ4v) is 4.95. The van der Waals surface area contributed by atoms with Gasteiger partial charge in [-0.25, -0.2) is 13.4 Å². The van der Waals surface area contributed by atoms with Crippen molar-refractivity contribution in [1.82, 2.24) is 9.38 Å². The highest BCUT2D eigenvalue weighted by atomic mass is 32.2. The fraction of sp³-hybridized carbons (Fsp3) is 0. The van der Waals surface area contributed by atoms with Crippen molar-refractivity contribution >= 4 is 32.0 Å². The minimum Gasteiger partial charge on any atom is -0.457 e. The SMILES string of the molecule is O=S(=O)(Nc1ccccc1-c1cn2ccsc2n1)c1ccc(Oc2ccccc2)cc1. The predicted octanol–water partition coefficient (Wildman–Crippen LogP) is 5.66. The molecule has 0 fully saturated rings. The van der Waals surface area contributed by atoms with Crippen LogP contribution >= 0.6 is 11.3 Å². The van der Waals surface area contributed by atoms with Crippen LogP contribution in [0.1, 0.15) is 0 Å². The van der Waals surface area contributed by atoms with Crippen LogP contribution in [0, 0.1) is 0 Å². The maximum absolute atomic E-state index is 13.0. The summed E-state index contributed by atoms with van der Waals surface area (Å²) in [6.07, 6.45) is 3.80. The first-order valence-corrected chi connectivity index (χ1v) is 11.8. The van der Waals surface area contributed by atoms with Gasteiger partial charge in [0.15, 0.2) is 4.96 Å². The molecular formula is C23H17N3O3S2. The molecule has 0 amide bonds. The van der Waals surface area contributed by atoms with E-state index in [1.807, 2.05) is 64.6 Å². The number of hydrogen-bond donors (Lipinski definition) is 1. The summed E-state index contributed by atoms with van der Waals surface area (Å²) in [7, 11) is -3.79. The van der Waals surface area contributed by atoms with E-state index in [0.29, 0.717) is 28.4 Å². The number of rotatable bonds is 6. The van der Waals surface area contributed by atoms with Crippen LogP contribution in [0.15, 0.2) is 102 Å². The Hall–Kier alpha value is -3.62. The smallest absolute Gasteiger partial charge is 0.261 e. The third-order valence-corrected chi connectivity index (χ3v) is 6.81. The molecule has 0 aliphatic heterocycles. The van der Waals surface area contributed by atoms with Crippen LogP contribution in [0.3, 0.4) is 0 Å². The zero-order valence-electron chi connectivity index (χ0n) is 16.2. The van der Waals surface area contributed by atoms with E-state index < -0.39 is 10.0 Å². The number of sulfonamides is 1. The van der Waals surface area contributed by atoms with Crippen molar-refractivity contribution in [1.29, 1.82) is 0 Å². The number of aromatic nitrogens is 2. The van der Waals surface area contributed by atoms with Crippen molar-refractivity contribution in [3.05, 3.63) is 96.6 Å². The van der Waals surface area contributed by atoms with Crippen LogP contribution in [0.4, 0.5) is 5.69 Å². The molecule has 31 heavy (non-hydrogen) atoms. The van der Waals surface area contributed by atoms with Crippen molar-refractivity contribution < 1.29 is 13.2 Å². The van der Waals surface area contributed by atoms with E-state index in [-0.39, 0.29) is 4.90 Å². The number of thiazole rings is 1. The molecule has 5 rings (SSSR count). The van der Waals surface area contributed by atoms with Gasteiger partial charge in [0.05, 0.1) is 16.3 Å². The number of nitrogens with one attached hydrogen (secondary N) is 1. The second-order valence-corrected chi connectivity index (χ2v) is 9.31. The van der Waals surface area contributed by atoms with Gasteiger partial charge >= 0.3 is 0 Å². The molecule has 2 heterocycles. The van der Waals surface area contributed by atoms with Gasteiger partial charge in [0.1, 0.15) is 11.5 Å². The number of benzene rings is 3. The number of para-hydroxylation sites is 2. The molecule has 1 N–H and O–H groups in total. The molecule has 2 aromatic heterocycles. The summed E-state index contributed by atoms with van der Waals surface area (Å²) < 4.78 is 36.3. The Labute approximate surface area is 183 Å². The number of imidazole rings is 1. The Kier molecular flexibility index (Phi) is 4.93. The van der Waals surface area contributed by atoms with E-state index in [4.69, 9.17) is 4.74 Å². The molecule has 3 aromatic carbocycles. The molecular weight excluding hydrogens is 430 g/mol. The van der Waals surface area contributed by atoms with Gasteiger partial charge in [-0.2, -0.15) is 0 Å². The second kappa shape index (κ2) is 7.90. The highest BCUT2D eigenvalue weighted by Gasteiger charge is 2.18. The zero-order chi connectivity index (χ0) is 21.3. The van der Waals surface area contributed by atoms with Crippen LogP contribution in [0.5, 0.6) is 11.5 Å². The zero-order valence-corrected chi connectivity index (χ0v) is 17.8. The van der Waals surface area contributed by atoms with E-state index in [2.05, 4.69) is 9.71 Å². The standard InChI is InChI=1S/C23H17N3O3S2/c27-31(28,19-12-10-18(11-13-19)29-17-6-2-1-3-7-17)25-21-9-5-4-8-20(21)22-16-26-14-15-30-23(26)24-22/h1-16,25H. The lowest BCUT2D eigenvalue weighted by Crippen LogP contribution is -2.13. The van der Waals surface area contributed by atoms with Gasteiger partial charge in [0, 0.05) is 23.3 Å². The molecule has 0 saturated heterocycles. The topological polar surface area (TPSA) is 72.7 Å². The highest BCUT2D eigenvalue weighted by Crippen LogP contribution is 2.30. The van der Waals surface area contributed by atoms with Crippen molar-refractivity contribution in [3.63, 3.8) is 0 Å². The molecule has 6 nitrogen and oxygen atoms in total. The fourth-order valence-electron chi connectivity index (χ4n) is 3.17. The van der Waals surface area contributed by atoms with E-state index in [1.54, 1.807) is 24.3 Å². The van der Waals surface area contributed by atoms with Gasteiger partial charge in [0.25, 0.3) is 10.0 Å². The molecule has 0 atom stereocenters. The van der Waals surface area contributed by atoms with Gasteiger partial charge < -0.3 is 4.74 Å².